The highest BCUT2D eigenvalue weighted by Crippen LogP contribution is 2.21. The van der Waals surface area contributed by atoms with Gasteiger partial charge in [-0.2, -0.15) is 5.26 Å². The van der Waals surface area contributed by atoms with Crippen LogP contribution in [-0.4, -0.2) is 31.0 Å². The van der Waals surface area contributed by atoms with Gasteiger partial charge in [-0.3, -0.25) is 9.97 Å². The summed E-state index contributed by atoms with van der Waals surface area (Å²) in [5.74, 6) is -1.04. The van der Waals surface area contributed by atoms with E-state index in [2.05, 4.69) is 26.0 Å². The van der Waals surface area contributed by atoms with Gasteiger partial charge in [0.1, 0.15) is 11.8 Å². The van der Waals surface area contributed by atoms with E-state index in [-0.39, 0.29) is 5.69 Å². The molecular weight excluding hydrogens is 414 g/mol. The molecule has 4 aromatic heterocycles. The minimum absolute atomic E-state index is 0.0429. The Hall–Kier alpha value is -4.44. The minimum atomic E-state index is -1.04. The van der Waals surface area contributed by atoms with Gasteiger partial charge in [0.05, 0.1) is 11.4 Å². The summed E-state index contributed by atoms with van der Waals surface area (Å²) >= 11 is 0. The highest BCUT2D eigenvalue weighted by Gasteiger charge is 2.14. The van der Waals surface area contributed by atoms with E-state index < -0.39 is 5.97 Å². The van der Waals surface area contributed by atoms with Gasteiger partial charge in [0.15, 0.2) is 5.69 Å². The first-order chi connectivity index (χ1) is 15.8. The Morgan fingerprint density at radius 1 is 0.758 bits per heavy atom. The van der Waals surface area contributed by atoms with Gasteiger partial charge in [0, 0.05) is 34.9 Å². The second-order valence-electron chi connectivity index (χ2n) is 7.56. The van der Waals surface area contributed by atoms with Crippen molar-refractivity contribution in [3.8, 4) is 28.6 Å². The van der Waals surface area contributed by atoms with Crippen molar-refractivity contribution < 1.29 is 9.90 Å². The van der Waals surface area contributed by atoms with Crippen LogP contribution in [0.5, 0.6) is 0 Å². The van der Waals surface area contributed by atoms with Crippen molar-refractivity contribution in [2.45, 2.75) is 27.7 Å². The Balaban J connectivity index is 0.000000186. The predicted molar refractivity (Wildman–Crippen MR) is 126 cm³/mol. The summed E-state index contributed by atoms with van der Waals surface area (Å²) in [5.41, 5.74) is 6.86. The number of carboxylic acid groups (broad SMARTS) is 1. The van der Waals surface area contributed by atoms with Crippen molar-refractivity contribution in [1.29, 1.82) is 5.26 Å². The Morgan fingerprint density at radius 3 is 1.76 bits per heavy atom. The molecule has 0 aromatic carbocycles. The molecule has 4 rings (SSSR count). The molecule has 0 aliphatic heterocycles. The van der Waals surface area contributed by atoms with Crippen LogP contribution in [0.1, 0.15) is 38.7 Å². The van der Waals surface area contributed by atoms with Gasteiger partial charge in [-0.05, 0) is 75.2 Å². The maximum Gasteiger partial charge on any atom is 0.355 e. The van der Waals surface area contributed by atoms with Gasteiger partial charge in [0.2, 0.25) is 0 Å². The van der Waals surface area contributed by atoms with Crippen LogP contribution in [0.15, 0.2) is 60.9 Å². The topological polar surface area (TPSA) is 113 Å². The number of nitrogens with zero attached hydrogens (tertiary/aromatic N) is 5. The number of aromatic nitrogens is 4. The van der Waals surface area contributed by atoms with E-state index in [1.54, 1.807) is 37.5 Å². The third kappa shape index (κ3) is 5.83. The highest BCUT2D eigenvalue weighted by atomic mass is 16.4. The van der Waals surface area contributed by atoms with Gasteiger partial charge in [0.25, 0.3) is 0 Å². The number of aryl methyl sites for hydroxylation is 4. The number of aromatic carboxylic acids is 1. The summed E-state index contributed by atoms with van der Waals surface area (Å²) in [6.45, 7) is 7.55. The van der Waals surface area contributed by atoms with Crippen molar-refractivity contribution in [3.05, 3.63) is 94.8 Å². The molecule has 0 radical (unpaired) electrons. The van der Waals surface area contributed by atoms with Crippen molar-refractivity contribution in [1.82, 2.24) is 19.9 Å². The lowest BCUT2D eigenvalue weighted by molar-refractivity contribution is 0.0691. The number of carbonyl (C=O) groups is 1. The van der Waals surface area contributed by atoms with Crippen LogP contribution in [0.2, 0.25) is 0 Å². The zero-order chi connectivity index (χ0) is 24.0. The molecule has 0 fully saturated rings. The lowest BCUT2D eigenvalue weighted by Crippen LogP contribution is -2.05. The molecule has 0 bridgehead atoms. The van der Waals surface area contributed by atoms with Crippen LogP contribution in [0.25, 0.3) is 22.5 Å². The van der Waals surface area contributed by atoms with Crippen molar-refractivity contribution >= 4 is 5.97 Å². The van der Waals surface area contributed by atoms with Crippen LogP contribution < -0.4 is 0 Å². The van der Waals surface area contributed by atoms with Gasteiger partial charge in [-0.1, -0.05) is 12.1 Å². The van der Waals surface area contributed by atoms with Crippen LogP contribution in [0.4, 0.5) is 0 Å². The monoisotopic (exact) mass is 437 g/mol. The van der Waals surface area contributed by atoms with Gasteiger partial charge >= 0.3 is 5.97 Å². The Bertz CT molecular complexity index is 1320. The molecule has 7 heteroatoms. The molecule has 1 N–H and O–H groups in total. The molecule has 0 aliphatic carbocycles. The van der Waals surface area contributed by atoms with Gasteiger partial charge < -0.3 is 5.11 Å². The van der Waals surface area contributed by atoms with Crippen LogP contribution in [-0.2, 0) is 0 Å². The molecule has 33 heavy (non-hydrogen) atoms. The number of pyridine rings is 4. The normalized spacial score (nSPS) is 10.0. The predicted octanol–water partition coefficient (Wildman–Crippen LogP) is 5.09. The third-order valence-corrected chi connectivity index (χ3v) is 4.75. The molecule has 0 aliphatic rings. The van der Waals surface area contributed by atoms with E-state index >= 15 is 0 Å². The van der Waals surface area contributed by atoms with Crippen molar-refractivity contribution in [3.63, 3.8) is 0 Å². The van der Waals surface area contributed by atoms with Crippen LogP contribution in [0, 0.1) is 39.0 Å². The van der Waals surface area contributed by atoms with Gasteiger partial charge in [-0.25, -0.2) is 14.8 Å². The maximum atomic E-state index is 11.1. The molecule has 164 valence electrons. The smallest absolute Gasteiger partial charge is 0.355 e. The lowest BCUT2D eigenvalue weighted by atomic mass is 10.1. The van der Waals surface area contributed by atoms with E-state index in [4.69, 9.17) is 10.4 Å². The molecule has 0 unspecified atom stereocenters. The second-order valence-corrected chi connectivity index (χ2v) is 7.56. The molecule has 0 amide bonds. The van der Waals surface area contributed by atoms with E-state index in [1.807, 2.05) is 51.1 Å². The molecule has 4 aromatic rings. The Kier molecular flexibility index (Phi) is 7.21. The number of hydrogen-bond acceptors (Lipinski definition) is 6. The molecule has 0 atom stereocenters. The first-order valence-electron chi connectivity index (χ1n) is 10.2. The molecule has 7 nitrogen and oxygen atoms in total. The molecule has 0 saturated carbocycles. The van der Waals surface area contributed by atoms with Crippen LogP contribution in [0.3, 0.4) is 0 Å². The van der Waals surface area contributed by atoms with E-state index in [1.165, 1.54) is 0 Å². The summed E-state index contributed by atoms with van der Waals surface area (Å²) in [4.78, 5) is 27.9. The summed E-state index contributed by atoms with van der Waals surface area (Å²) in [5, 5.41) is 18.1. The van der Waals surface area contributed by atoms with Crippen molar-refractivity contribution in [2.75, 3.05) is 0 Å². The average molecular weight is 438 g/mol. The number of rotatable bonds is 3. The first kappa shape index (κ1) is 23.2. The molecule has 4 heterocycles. The fourth-order valence-electron chi connectivity index (χ4n) is 3.03. The van der Waals surface area contributed by atoms with E-state index in [0.29, 0.717) is 22.6 Å². The Labute approximate surface area is 192 Å². The quantitative estimate of drug-likeness (QED) is 0.475. The fraction of sp³-hybridized carbons (Fsp3) is 0.154. The zero-order valence-corrected chi connectivity index (χ0v) is 18.9. The summed E-state index contributed by atoms with van der Waals surface area (Å²) in [6, 6.07) is 17.0. The molecule has 0 spiro atoms. The summed E-state index contributed by atoms with van der Waals surface area (Å²) < 4.78 is 0. The average Bonchev–Trinajstić information content (AvgIpc) is 2.80. The summed E-state index contributed by atoms with van der Waals surface area (Å²) in [6.07, 6.45) is 3.50. The lowest BCUT2D eigenvalue weighted by Gasteiger charge is -2.05. The highest BCUT2D eigenvalue weighted by molar-refractivity contribution is 5.93. The molecular formula is C26H23N5O2. The van der Waals surface area contributed by atoms with E-state index in [0.717, 1.165) is 28.1 Å². The number of nitriles is 1. The van der Waals surface area contributed by atoms with Gasteiger partial charge in [-0.15, -0.1) is 0 Å². The second kappa shape index (κ2) is 10.2. The minimum Gasteiger partial charge on any atom is -0.476 e. The maximum absolute atomic E-state index is 11.1. The largest absolute Gasteiger partial charge is 0.476 e. The van der Waals surface area contributed by atoms with Crippen LogP contribution >= 0.6 is 0 Å². The number of carboxylic acids is 1. The zero-order valence-electron chi connectivity index (χ0n) is 18.9. The Morgan fingerprint density at radius 2 is 1.27 bits per heavy atom. The standard InChI is InChI=1S/C13H11N3.C13H12N2O2/c1-9-3-6-12(15-8-9)11-5-4-10(2)16-13(11)7-14;1-8-3-6-11(14-7-8)10-5-4-9(2)15-12(10)13(16)17/h3-6,8H,1-2H3;3-7H,1-2H3,(H,16,17). The van der Waals surface area contributed by atoms with E-state index in [9.17, 15) is 4.79 Å². The summed E-state index contributed by atoms with van der Waals surface area (Å²) in [7, 11) is 0. The number of hydrogen-bond donors (Lipinski definition) is 1. The first-order valence-corrected chi connectivity index (χ1v) is 10.2. The molecule has 0 saturated heterocycles. The third-order valence-electron chi connectivity index (χ3n) is 4.75. The SMILES string of the molecule is Cc1ccc(-c2ccc(C)nc2C#N)nc1.Cc1ccc(-c2ccc(C)nc2C(=O)O)nc1. The van der Waals surface area contributed by atoms with Crippen molar-refractivity contribution in [2.24, 2.45) is 0 Å². The fourth-order valence-corrected chi connectivity index (χ4v) is 3.03.